The number of nitrogens with zero attached hydrogens (tertiary/aromatic N) is 5. The van der Waals surface area contributed by atoms with E-state index in [4.69, 9.17) is 16.3 Å². The minimum atomic E-state index is -4.54. The molecule has 2 fully saturated rings. The van der Waals surface area contributed by atoms with Crippen LogP contribution in [0.3, 0.4) is 0 Å². The van der Waals surface area contributed by atoms with E-state index in [1.165, 1.54) is 6.33 Å². The first-order valence-electron chi connectivity index (χ1n) is 11.1. The predicted molar refractivity (Wildman–Crippen MR) is 126 cm³/mol. The van der Waals surface area contributed by atoms with Gasteiger partial charge in [0, 0.05) is 31.5 Å². The number of rotatable bonds is 6. The number of carbonyl (C=O) groups is 1. The van der Waals surface area contributed by atoms with Gasteiger partial charge in [-0.15, -0.1) is 0 Å². The van der Waals surface area contributed by atoms with Crippen molar-refractivity contribution in [3.63, 3.8) is 0 Å². The lowest BCUT2D eigenvalue weighted by molar-refractivity contribution is -0.0421. The van der Waals surface area contributed by atoms with Crippen LogP contribution in [0.25, 0.3) is 5.52 Å². The highest BCUT2D eigenvalue weighted by Gasteiger charge is 2.57. The minimum absolute atomic E-state index is 0.223. The molecule has 0 radical (unpaired) electrons. The Bertz CT molecular complexity index is 1240. The molecule has 3 heterocycles. The number of nitrogens with one attached hydrogen (secondary N) is 1. The van der Waals surface area contributed by atoms with Gasteiger partial charge in [-0.3, -0.25) is 0 Å². The molecule has 2 aliphatic rings. The van der Waals surface area contributed by atoms with Gasteiger partial charge in [0.15, 0.2) is 5.82 Å². The van der Waals surface area contributed by atoms with Gasteiger partial charge in [0.2, 0.25) is 0 Å². The summed E-state index contributed by atoms with van der Waals surface area (Å²) in [5, 5.41) is 4.64. The van der Waals surface area contributed by atoms with E-state index in [0.717, 1.165) is 16.9 Å². The first kappa shape index (κ1) is 25.8. The lowest BCUT2D eigenvalue weighted by Gasteiger charge is -2.61. The minimum Gasteiger partial charge on any atom is -0.443 e. The van der Waals surface area contributed by atoms with Gasteiger partial charge in [0.05, 0.1) is 6.54 Å². The summed E-state index contributed by atoms with van der Waals surface area (Å²) >= 11 is 6.22. The molecule has 1 saturated heterocycles. The van der Waals surface area contributed by atoms with E-state index in [-0.39, 0.29) is 5.41 Å². The van der Waals surface area contributed by atoms with Gasteiger partial charge < -0.3 is 9.64 Å². The van der Waals surface area contributed by atoms with Crippen molar-refractivity contribution in [2.75, 3.05) is 24.5 Å². The van der Waals surface area contributed by atoms with Crippen LogP contribution in [-0.2, 0) is 14.9 Å². The van der Waals surface area contributed by atoms with Gasteiger partial charge in [0.1, 0.15) is 22.6 Å². The van der Waals surface area contributed by atoms with Crippen molar-refractivity contribution in [3.05, 3.63) is 23.1 Å². The van der Waals surface area contributed by atoms with Crippen LogP contribution in [-0.4, -0.2) is 70.6 Å². The Kier molecular flexibility index (Phi) is 6.21. The molecular weight excluding hydrogens is 506 g/mol. The van der Waals surface area contributed by atoms with Crippen molar-refractivity contribution in [2.24, 2.45) is 5.41 Å². The maximum absolute atomic E-state index is 13.9. The zero-order valence-electron chi connectivity index (χ0n) is 20.2. The molecular formula is C21H29ClF2N6O4S. The van der Waals surface area contributed by atoms with Crippen LogP contribution in [0.2, 0.25) is 5.15 Å². The Hall–Kier alpha value is -2.25. The number of ether oxygens (including phenoxy) is 1. The van der Waals surface area contributed by atoms with Crippen molar-refractivity contribution in [1.29, 1.82) is 0 Å². The Labute approximate surface area is 207 Å². The normalized spacial score (nSPS) is 18.6. The molecule has 4 rings (SSSR count). The first-order valence-corrected chi connectivity index (χ1v) is 12.9. The highest BCUT2D eigenvalue weighted by Crippen LogP contribution is 2.52. The summed E-state index contributed by atoms with van der Waals surface area (Å²) in [4.78, 5) is 18.5. The van der Waals surface area contributed by atoms with Crippen LogP contribution in [0.5, 0.6) is 0 Å². The molecule has 0 atom stereocenters. The molecule has 0 unspecified atom stereocenters. The Morgan fingerprint density at radius 3 is 2.51 bits per heavy atom. The van der Waals surface area contributed by atoms with Crippen molar-refractivity contribution in [3.8, 4) is 0 Å². The molecule has 2 aromatic heterocycles. The Balaban J connectivity index is 1.46. The lowest BCUT2D eigenvalue weighted by Crippen LogP contribution is -2.68. The van der Waals surface area contributed by atoms with Gasteiger partial charge in [-0.2, -0.15) is 17.8 Å². The monoisotopic (exact) mass is 534 g/mol. The largest absolute Gasteiger partial charge is 0.443 e. The van der Waals surface area contributed by atoms with Gasteiger partial charge >= 0.3 is 16.3 Å². The molecule has 1 spiro atoms. The molecule has 1 aliphatic heterocycles. The number of amides is 1. The standard InChI is InChI=1S/C21H29ClF2N6O4S/c1-13-6-15(22)30-16(13)17(25-12-26-30)28-10-21(11-28)7-14(8-21)29(9-20(5,23)24)35(32,33)27-18(31)34-19(2,3)4/h6,12,14H,7-11H2,1-5H3,(H,27,31). The van der Waals surface area contributed by atoms with E-state index >= 15 is 0 Å². The van der Waals surface area contributed by atoms with Crippen LogP contribution in [0.1, 0.15) is 46.1 Å². The summed E-state index contributed by atoms with van der Waals surface area (Å²) in [6.07, 6.45) is 0.982. The molecule has 194 valence electrons. The third kappa shape index (κ3) is 5.31. The zero-order valence-corrected chi connectivity index (χ0v) is 21.8. The quantitative estimate of drug-likeness (QED) is 0.605. The average molecular weight is 535 g/mol. The number of alkyl halides is 2. The predicted octanol–water partition coefficient (Wildman–Crippen LogP) is 3.39. The van der Waals surface area contributed by atoms with Crippen LogP contribution < -0.4 is 9.62 Å². The SMILES string of the molecule is Cc1cc(Cl)n2ncnc(N3CC4(CC(N(CC(C)(F)F)S(=O)(=O)NC(=O)OC(C)(C)C)C4)C3)c12. The fourth-order valence-corrected chi connectivity index (χ4v) is 6.45. The van der Waals surface area contributed by atoms with Crippen molar-refractivity contribution >= 4 is 39.2 Å². The summed E-state index contributed by atoms with van der Waals surface area (Å²) < 4.78 is 62.6. The van der Waals surface area contributed by atoms with E-state index in [2.05, 4.69) is 10.1 Å². The second-order valence-electron chi connectivity index (χ2n) is 10.6. The summed E-state index contributed by atoms with van der Waals surface area (Å²) in [5.41, 5.74) is 0.553. The van der Waals surface area contributed by atoms with E-state index in [9.17, 15) is 22.0 Å². The number of carbonyl (C=O) groups excluding carboxylic acids is 1. The molecule has 14 heteroatoms. The highest BCUT2D eigenvalue weighted by molar-refractivity contribution is 7.87. The second kappa shape index (κ2) is 8.41. The topological polar surface area (TPSA) is 109 Å². The summed E-state index contributed by atoms with van der Waals surface area (Å²) in [7, 11) is -4.54. The zero-order chi connectivity index (χ0) is 26.0. The first-order chi connectivity index (χ1) is 16.0. The molecule has 10 nitrogen and oxygen atoms in total. The molecule has 1 saturated carbocycles. The third-order valence-electron chi connectivity index (χ3n) is 6.13. The van der Waals surface area contributed by atoms with Crippen LogP contribution in [0.15, 0.2) is 12.4 Å². The molecule has 1 aliphatic carbocycles. The number of aromatic nitrogens is 3. The summed E-state index contributed by atoms with van der Waals surface area (Å²) in [5.74, 6) is -2.57. The fraction of sp³-hybridized carbons (Fsp3) is 0.667. The average Bonchev–Trinajstić information content (AvgIpc) is 2.90. The molecule has 1 N–H and O–H groups in total. The van der Waals surface area contributed by atoms with E-state index in [0.29, 0.717) is 42.3 Å². The van der Waals surface area contributed by atoms with E-state index in [1.807, 2.05) is 11.8 Å². The maximum Gasteiger partial charge on any atom is 0.422 e. The highest BCUT2D eigenvalue weighted by atomic mass is 35.5. The number of halogens is 3. The van der Waals surface area contributed by atoms with Crippen molar-refractivity contribution in [2.45, 2.75) is 65.0 Å². The van der Waals surface area contributed by atoms with Gasteiger partial charge in [-0.1, -0.05) is 11.6 Å². The molecule has 35 heavy (non-hydrogen) atoms. The van der Waals surface area contributed by atoms with Crippen LogP contribution in [0.4, 0.5) is 19.4 Å². The number of hydrogen-bond donors (Lipinski definition) is 1. The smallest absolute Gasteiger partial charge is 0.422 e. The molecule has 0 bridgehead atoms. The van der Waals surface area contributed by atoms with E-state index in [1.54, 1.807) is 36.1 Å². The maximum atomic E-state index is 13.9. The van der Waals surface area contributed by atoms with Crippen molar-refractivity contribution < 1.29 is 26.7 Å². The number of anilines is 1. The Morgan fingerprint density at radius 2 is 1.94 bits per heavy atom. The van der Waals surface area contributed by atoms with Crippen molar-refractivity contribution in [1.82, 2.24) is 23.6 Å². The molecule has 2 aromatic rings. The van der Waals surface area contributed by atoms with E-state index < -0.39 is 40.4 Å². The Morgan fingerprint density at radius 1 is 1.31 bits per heavy atom. The second-order valence-corrected chi connectivity index (χ2v) is 12.6. The van der Waals surface area contributed by atoms with Gasteiger partial charge in [-0.05, 0) is 52.2 Å². The van der Waals surface area contributed by atoms with Gasteiger partial charge in [-0.25, -0.2) is 27.8 Å². The summed E-state index contributed by atoms with van der Waals surface area (Å²) in [6, 6.07) is 1.13. The fourth-order valence-electron chi connectivity index (χ4n) is 4.85. The third-order valence-corrected chi connectivity index (χ3v) is 7.87. The van der Waals surface area contributed by atoms with Gasteiger partial charge in [0.25, 0.3) is 5.92 Å². The lowest BCUT2D eigenvalue weighted by atomic mass is 9.60. The molecule has 0 aromatic carbocycles. The van der Waals surface area contributed by atoms with Crippen LogP contribution >= 0.6 is 11.6 Å². The summed E-state index contributed by atoms with van der Waals surface area (Å²) in [6.45, 7) is 7.42. The number of aryl methyl sites for hydroxylation is 1. The van der Waals surface area contributed by atoms with Crippen LogP contribution in [0, 0.1) is 12.3 Å². The number of fused-ring (bicyclic) bond motifs is 1. The molecule has 1 amide bonds. The number of hydrogen-bond acceptors (Lipinski definition) is 7.